The summed E-state index contributed by atoms with van der Waals surface area (Å²) in [6.45, 7) is 4.17. The summed E-state index contributed by atoms with van der Waals surface area (Å²) in [4.78, 5) is 4.53. The number of thioether (sulfide) groups is 1. The predicted octanol–water partition coefficient (Wildman–Crippen LogP) is 2.25. The van der Waals surface area contributed by atoms with Crippen LogP contribution in [0.25, 0.3) is 0 Å². The minimum absolute atomic E-state index is 0.121. The van der Waals surface area contributed by atoms with Gasteiger partial charge in [0.2, 0.25) is 0 Å². The molecule has 16 heavy (non-hydrogen) atoms. The Kier molecular flexibility index (Phi) is 3.45. The van der Waals surface area contributed by atoms with Gasteiger partial charge in [0, 0.05) is 12.0 Å². The third kappa shape index (κ3) is 2.35. The van der Waals surface area contributed by atoms with Crippen LogP contribution in [-0.4, -0.2) is 32.2 Å². The number of aliphatic imine (C=N–C) groups is 1. The normalized spacial score (nSPS) is 29.1. The van der Waals surface area contributed by atoms with Crippen molar-refractivity contribution in [3.05, 3.63) is 9.81 Å². The van der Waals surface area contributed by atoms with Gasteiger partial charge < -0.3 is 0 Å². The third-order valence-corrected chi connectivity index (χ3v) is 6.42. The number of sulfone groups is 1. The lowest BCUT2D eigenvalue weighted by atomic mass is 10.0. The molecule has 3 nitrogen and oxygen atoms in total. The van der Waals surface area contributed by atoms with Crippen molar-refractivity contribution >= 4 is 27.8 Å². The van der Waals surface area contributed by atoms with Crippen LogP contribution >= 0.6 is 11.8 Å². The molecule has 2 aliphatic rings. The van der Waals surface area contributed by atoms with Crippen molar-refractivity contribution in [3.63, 3.8) is 0 Å². The van der Waals surface area contributed by atoms with Crippen molar-refractivity contribution < 1.29 is 8.42 Å². The summed E-state index contributed by atoms with van der Waals surface area (Å²) < 4.78 is 24.3. The van der Waals surface area contributed by atoms with Gasteiger partial charge in [-0.1, -0.05) is 13.8 Å². The van der Waals surface area contributed by atoms with E-state index < -0.39 is 9.84 Å². The Morgan fingerprint density at radius 1 is 1.50 bits per heavy atom. The van der Waals surface area contributed by atoms with Gasteiger partial charge in [0.25, 0.3) is 0 Å². The molecule has 0 aromatic rings. The maximum absolute atomic E-state index is 11.8. The van der Waals surface area contributed by atoms with Crippen LogP contribution in [0.2, 0.25) is 0 Å². The van der Waals surface area contributed by atoms with E-state index in [1.54, 1.807) is 0 Å². The van der Waals surface area contributed by atoms with E-state index in [1.165, 1.54) is 11.8 Å². The molecule has 0 spiro atoms. The number of hydrogen-bond donors (Lipinski definition) is 0. The van der Waals surface area contributed by atoms with Crippen LogP contribution in [0.3, 0.4) is 0 Å². The zero-order valence-corrected chi connectivity index (χ0v) is 11.3. The minimum Gasteiger partial charge on any atom is -0.289 e. The Bertz CT molecular complexity index is 435. The molecule has 5 heteroatoms. The SMILES string of the molecule is CC(C)C=NC1CCS(=O)(=O)C2=C1CCS2. The largest absolute Gasteiger partial charge is 0.289 e. The maximum atomic E-state index is 11.8. The minimum atomic E-state index is -2.96. The fraction of sp³-hybridized carbons (Fsp3) is 0.727. The molecule has 0 fully saturated rings. The summed E-state index contributed by atoms with van der Waals surface area (Å²) in [5.74, 6) is 1.59. The fourth-order valence-corrected chi connectivity index (χ4v) is 5.52. The van der Waals surface area contributed by atoms with Crippen molar-refractivity contribution in [2.24, 2.45) is 10.9 Å². The van der Waals surface area contributed by atoms with Gasteiger partial charge in [-0.3, -0.25) is 4.99 Å². The zero-order chi connectivity index (χ0) is 11.8. The van der Waals surface area contributed by atoms with Gasteiger partial charge in [-0.05, 0) is 24.3 Å². The first-order valence-electron chi connectivity index (χ1n) is 5.62. The van der Waals surface area contributed by atoms with Gasteiger partial charge in [-0.2, -0.15) is 0 Å². The van der Waals surface area contributed by atoms with E-state index in [-0.39, 0.29) is 11.8 Å². The molecular weight excluding hydrogens is 242 g/mol. The smallest absolute Gasteiger partial charge is 0.184 e. The van der Waals surface area contributed by atoms with E-state index in [4.69, 9.17) is 0 Å². The van der Waals surface area contributed by atoms with Crippen LogP contribution in [0.5, 0.6) is 0 Å². The molecule has 0 aromatic carbocycles. The molecule has 0 aromatic heterocycles. The summed E-state index contributed by atoms with van der Waals surface area (Å²) in [6, 6.07) is 0.121. The summed E-state index contributed by atoms with van der Waals surface area (Å²) >= 11 is 1.49. The van der Waals surface area contributed by atoms with Crippen LogP contribution in [0.15, 0.2) is 14.8 Å². The van der Waals surface area contributed by atoms with E-state index in [0.717, 1.165) is 17.7 Å². The second kappa shape index (κ2) is 4.53. The molecule has 0 radical (unpaired) electrons. The van der Waals surface area contributed by atoms with Crippen molar-refractivity contribution in [2.45, 2.75) is 32.7 Å². The van der Waals surface area contributed by atoms with E-state index in [2.05, 4.69) is 18.8 Å². The third-order valence-electron chi connectivity index (χ3n) is 2.78. The number of hydrogen-bond acceptors (Lipinski definition) is 4. The first-order chi connectivity index (χ1) is 7.50. The first kappa shape index (κ1) is 12.2. The van der Waals surface area contributed by atoms with Crippen LogP contribution < -0.4 is 0 Å². The average Bonchev–Trinajstić information content (AvgIpc) is 2.66. The topological polar surface area (TPSA) is 46.5 Å². The summed E-state index contributed by atoms with van der Waals surface area (Å²) in [5, 5.41) is 0. The summed E-state index contributed by atoms with van der Waals surface area (Å²) in [5.41, 5.74) is 1.06. The summed E-state index contributed by atoms with van der Waals surface area (Å²) in [6.07, 6.45) is 3.49. The molecule has 90 valence electrons. The number of rotatable bonds is 2. The first-order valence-corrected chi connectivity index (χ1v) is 8.26. The summed E-state index contributed by atoms with van der Waals surface area (Å²) in [7, 11) is -2.96. The van der Waals surface area contributed by atoms with E-state index in [9.17, 15) is 8.42 Å². The molecule has 2 rings (SSSR count). The Hall–Kier alpha value is -0.290. The van der Waals surface area contributed by atoms with Gasteiger partial charge in [0.1, 0.15) is 4.24 Å². The van der Waals surface area contributed by atoms with Gasteiger partial charge in [0.15, 0.2) is 9.84 Å². The molecular formula is C11H17NO2S2. The lowest BCUT2D eigenvalue weighted by Crippen LogP contribution is -2.23. The lowest BCUT2D eigenvalue weighted by Gasteiger charge is -2.21. The van der Waals surface area contributed by atoms with Crippen LogP contribution in [-0.2, 0) is 9.84 Å². The highest BCUT2D eigenvalue weighted by molar-refractivity contribution is 8.19. The van der Waals surface area contributed by atoms with Gasteiger partial charge in [0.05, 0.1) is 11.8 Å². The molecule has 2 heterocycles. The van der Waals surface area contributed by atoms with Crippen molar-refractivity contribution in [3.8, 4) is 0 Å². The average molecular weight is 259 g/mol. The molecule has 0 amide bonds. The van der Waals surface area contributed by atoms with Gasteiger partial charge >= 0.3 is 0 Å². The maximum Gasteiger partial charge on any atom is 0.184 e. The Labute approximate surface area is 101 Å². The molecule has 0 bridgehead atoms. The molecule has 1 atom stereocenters. The zero-order valence-electron chi connectivity index (χ0n) is 9.64. The quantitative estimate of drug-likeness (QED) is 0.715. The van der Waals surface area contributed by atoms with Crippen LogP contribution in [0, 0.1) is 5.92 Å². The van der Waals surface area contributed by atoms with E-state index in [0.29, 0.717) is 16.6 Å². The van der Waals surface area contributed by atoms with E-state index >= 15 is 0 Å². The molecule has 1 unspecified atom stereocenters. The van der Waals surface area contributed by atoms with Crippen molar-refractivity contribution in [1.82, 2.24) is 0 Å². The standard InChI is InChI=1S/C11H17NO2S2/c1-8(2)7-12-10-4-6-16(13,14)11-9(10)3-5-15-11/h7-8,10H,3-6H2,1-2H3. The molecule has 0 saturated carbocycles. The Morgan fingerprint density at radius 2 is 2.25 bits per heavy atom. The van der Waals surface area contributed by atoms with E-state index in [1.807, 2.05) is 6.21 Å². The predicted molar refractivity (Wildman–Crippen MR) is 69.6 cm³/mol. The monoisotopic (exact) mass is 259 g/mol. The lowest BCUT2D eigenvalue weighted by molar-refractivity contribution is 0.589. The Morgan fingerprint density at radius 3 is 2.94 bits per heavy atom. The van der Waals surface area contributed by atoms with Gasteiger partial charge in [-0.25, -0.2) is 8.42 Å². The number of nitrogens with zero attached hydrogens (tertiary/aromatic N) is 1. The fourth-order valence-electron chi connectivity index (χ4n) is 2.01. The highest BCUT2D eigenvalue weighted by atomic mass is 32.3. The molecule has 2 aliphatic heterocycles. The highest BCUT2D eigenvalue weighted by Gasteiger charge is 2.35. The molecule has 0 aliphatic carbocycles. The van der Waals surface area contributed by atoms with Crippen molar-refractivity contribution in [1.29, 1.82) is 0 Å². The second-order valence-corrected chi connectivity index (χ2v) is 7.99. The molecule has 0 saturated heterocycles. The molecule has 0 N–H and O–H groups in total. The van der Waals surface area contributed by atoms with Crippen LogP contribution in [0.1, 0.15) is 26.7 Å². The Balaban J connectivity index is 2.28. The van der Waals surface area contributed by atoms with Gasteiger partial charge in [-0.15, -0.1) is 11.8 Å². The second-order valence-electron chi connectivity index (χ2n) is 4.58. The van der Waals surface area contributed by atoms with Crippen LogP contribution in [0.4, 0.5) is 0 Å². The highest BCUT2D eigenvalue weighted by Crippen LogP contribution is 2.42. The van der Waals surface area contributed by atoms with Crippen molar-refractivity contribution in [2.75, 3.05) is 11.5 Å².